The molecule has 0 aliphatic carbocycles. The number of hydrogen-bond donors (Lipinski definition) is 4. The van der Waals surface area contributed by atoms with Gasteiger partial charge in [0.25, 0.3) is 11.8 Å². The van der Waals surface area contributed by atoms with E-state index in [1.165, 1.54) is 6.07 Å². The standard InChI is InChI=1S/C24H20N4O4/c1-28(2)11-12-9-16-13(5-4-8-18(16)26-12)19-20(23(30)27-22(19)29)17-10-25-21-14(17)6-3-7-15(21)24(31)32/h3-10,25-26H,11H2,1-2H3,(H,31,32)(H,27,29,30). The quantitative estimate of drug-likeness (QED) is 0.365. The molecule has 3 heterocycles. The van der Waals surface area contributed by atoms with E-state index in [1.54, 1.807) is 18.3 Å². The lowest BCUT2D eigenvalue weighted by Gasteiger charge is -2.06. The fraction of sp³-hybridized carbons (Fsp3) is 0.125. The second kappa shape index (κ2) is 7.21. The van der Waals surface area contributed by atoms with Crippen LogP contribution in [0.3, 0.4) is 0 Å². The number of aromatic carboxylic acids is 1. The minimum Gasteiger partial charge on any atom is -0.478 e. The first-order valence-corrected chi connectivity index (χ1v) is 10.0. The lowest BCUT2D eigenvalue weighted by atomic mass is 9.93. The third-order valence-electron chi connectivity index (χ3n) is 5.62. The molecule has 2 aromatic heterocycles. The molecule has 0 unspecified atom stereocenters. The Hall–Kier alpha value is -4.17. The maximum absolute atomic E-state index is 12.9. The first-order valence-electron chi connectivity index (χ1n) is 10.0. The Balaban J connectivity index is 1.77. The molecule has 160 valence electrons. The predicted molar refractivity (Wildman–Crippen MR) is 121 cm³/mol. The lowest BCUT2D eigenvalue weighted by molar-refractivity contribution is -0.122. The van der Waals surface area contributed by atoms with E-state index in [9.17, 15) is 19.5 Å². The van der Waals surface area contributed by atoms with Crippen molar-refractivity contribution < 1.29 is 19.5 Å². The second-order valence-electron chi connectivity index (χ2n) is 8.07. The highest BCUT2D eigenvalue weighted by atomic mass is 16.4. The maximum atomic E-state index is 12.9. The normalized spacial score (nSPS) is 14.2. The first kappa shape index (κ1) is 19.8. The van der Waals surface area contributed by atoms with E-state index in [4.69, 9.17) is 0 Å². The van der Waals surface area contributed by atoms with Crippen molar-refractivity contribution in [3.63, 3.8) is 0 Å². The molecular weight excluding hydrogens is 408 g/mol. The largest absolute Gasteiger partial charge is 0.478 e. The monoisotopic (exact) mass is 428 g/mol. The van der Waals surface area contributed by atoms with Crippen LogP contribution in [0.4, 0.5) is 0 Å². The molecular formula is C24H20N4O4. The van der Waals surface area contributed by atoms with Gasteiger partial charge in [-0.2, -0.15) is 0 Å². The Morgan fingerprint density at radius 3 is 2.41 bits per heavy atom. The van der Waals surface area contributed by atoms with Gasteiger partial charge in [-0.05, 0) is 37.9 Å². The summed E-state index contributed by atoms with van der Waals surface area (Å²) in [5.41, 5.74) is 3.99. The molecule has 0 atom stereocenters. The van der Waals surface area contributed by atoms with Crippen molar-refractivity contribution in [1.29, 1.82) is 0 Å². The van der Waals surface area contributed by atoms with Crippen molar-refractivity contribution in [2.45, 2.75) is 6.54 Å². The number of rotatable bonds is 5. The van der Waals surface area contributed by atoms with Crippen LogP contribution >= 0.6 is 0 Å². The van der Waals surface area contributed by atoms with Crippen LogP contribution in [0.25, 0.3) is 33.0 Å². The molecule has 0 radical (unpaired) electrons. The number of hydrogen-bond acceptors (Lipinski definition) is 4. The number of nitrogens with zero attached hydrogens (tertiary/aromatic N) is 1. The van der Waals surface area contributed by atoms with E-state index in [0.717, 1.165) is 16.6 Å². The highest BCUT2D eigenvalue weighted by Gasteiger charge is 2.34. The van der Waals surface area contributed by atoms with E-state index in [-0.39, 0.29) is 16.7 Å². The number of carboxylic acids is 1. The summed E-state index contributed by atoms with van der Waals surface area (Å²) in [6, 6.07) is 12.4. The van der Waals surface area contributed by atoms with Crippen molar-refractivity contribution >= 4 is 50.7 Å². The Labute approximate surface area is 182 Å². The molecule has 8 heteroatoms. The molecule has 4 aromatic rings. The van der Waals surface area contributed by atoms with E-state index >= 15 is 0 Å². The van der Waals surface area contributed by atoms with Gasteiger partial charge in [-0.1, -0.05) is 24.3 Å². The van der Waals surface area contributed by atoms with Crippen LogP contribution in [-0.4, -0.2) is 51.9 Å². The summed E-state index contributed by atoms with van der Waals surface area (Å²) >= 11 is 0. The predicted octanol–water partition coefficient (Wildman–Crippen LogP) is 2.98. The topological polar surface area (TPSA) is 118 Å². The molecule has 2 aromatic carbocycles. The van der Waals surface area contributed by atoms with Gasteiger partial charge in [0.05, 0.1) is 22.2 Å². The van der Waals surface area contributed by atoms with Gasteiger partial charge < -0.3 is 20.0 Å². The van der Waals surface area contributed by atoms with Crippen molar-refractivity contribution in [2.75, 3.05) is 14.1 Å². The molecule has 5 rings (SSSR count). The summed E-state index contributed by atoms with van der Waals surface area (Å²) in [6.45, 7) is 0.700. The van der Waals surface area contributed by atoms with Gasteiger partial charge in [-0.25, -0.2) is 4.79 Å². The number of aromatic nitrogens is 2. The molecule has 2 amide bonds. The average Bonchev–Trinajstić information content (AvgIpc) is 3.41. The van der Waals surface area contributed by atoms with Crippen LogP contribution in [0.15, 0.2) is 48.7 Å². The summed E-state index contributed by atoms with van der Waals surface area (Å²) in [5.74, 6) is -2.06. The van der Waals surface area contributed by atoms with Crippen molar-refractivity contribution in [3.8, 4) is 0 Å². The molecule has 1 aliphatic heterocycles. The summed E-state index contributed by atoms with van der Waals surface area (Å²) < 4.78 is 0. The van der Waals surface area contributed by atoms with E-state index in [0.29, 0.717) is 28.6 Å². The molecule has 0 bridgehead atoms. The number of amides is 2. The maximum Gasteiger partial charge on any atom is 0.337 e. The average molecular weight is 428 g/mol. The lowest BCUT2D eigenvalue weighted by Crippen LogP contribution is -2.22. The number of benzene rings is 2. The molecule has 0 spiro atoms. The molecule has 0 fully saturated rings. The van der Waals surface area contributed by atoms with Crippen molar-refractivity contribution in [3.05, 3.63) is 71.0 Å². The van der Waals surface area contributed by atoms with E-state index < -0.39 is 17.8 Å². The fourth-order valence-corrected chi connectivity index (χ4v) is 4.37. The summed E-state index contributed by atoms with van der Waals surface area (Å²) in [6.07, 6.45) is 1.58. The number of carbonyl (C=O) groups excluding carboxylic acids is 2. The SMILES string of the molecule is CN(C)Cc1cc2c(C3=C(c4c[nH]c5c(C(=O)O)cccc45)C(=O)NC3=O)cccc2[nH]1. The van der Waals surface area contributed by atoms with Crippen LogP contribution in [0.2, 0.25) is 0 Å². The van der Waals surface area contributed by atoms with Gasteiger partial charge in [-0.15, -0.1) is 0 Å². The van der Waals surface area contributed by atoms with Crippen LogP contribution in [-0.2, 0) is 16.1 Å². The zero-order valence-corrected chi connectivity index (χ0v) is 17.4. The Morgan fingerprint density at radius 1 is 0.969 bits per heavy atom. The van der Waals surface area contributed by atoms with Crippen LogP contribution in [0.5, 0.6) is 0 Å². The molecule has 4 N–H and O–H groups in total. The molecule has 32 heavy (non-hydrogen) atoms. The number of para-hydroxylation sites is 1. The van der Waals surface area contributed by atoms with Crippen molar-refractivity contribution in [2.24, 2.45) is 0 Å². The minimum atomic E-state index is -1.07. The number of H-pyrrole nitrogens is 2. The number of imide groups is 1. The van der Waals surface area contributed by atoms with E-state index in [2.05, 4.69) is 15.3 Å². The van der Waals surface area contributed by atoms with Gasteiger partial charge in [-0.3, -0.25) is 14.9 Å². The van der Waals surface area contributed by atoms with Crippen LogP contribution in [0, 0.1) is 0 Å². The second-order valence-corrected chi connectivity index (χ2v) is 8.07. The van der Waals surface area contributed by atoms with Gasteiger partial charge in [0.15, 0.2) is 0 Å². The minimum absolute atomic E-state index is 0.0988. The van der Waals surface area contributed by atoms with Crippen LogP contribution in [0.1, 0.15) is 27.2 Å². The Bertz CT molecular complexity index is 1470. The first-order chi connectivity index (χ1) is 15.3. The van der Waals surface area contributed by atoms with Gasteiger partial charge in [0.1, 0.15) is 0 Å². The zero-order valence-electron chi connectivity index (χ0n) is 17.4. The highest BCUT2D eigenvalue weighted by molar-refractivity contribution is 6.50. The molecule has 0 saturated heterocycles. The Kier molecular flexibility index (Phi) is 4.45. The van der Waals surface area contributed by atoms with Gasteiger partial charge in [0, 0.05) is 40.3 Å². The number of aromatic amines is 2. The molecule has 8 nitrogen and oxygen atoms in total. The zero-order chi connectivity index (χ0) is 22.6. The summed E-state index contributed by atoms with van der Waals surface area (Å²) in [7, 11) is 3.94. The number of nitrogens with one attached hydrogen (secondary N) is 3. The highest BCUT2D eigenvalue weighted by Crippen LogP contribution is 2.38. The smallest absolute Gasteiger partial charge is 0.337 e. The Morgan fingerprint density at radius 2 is 1.69 bits per heavy atom. The number of carboxylic acid groups (broad SMARTS) is 1. The summed E-state index contributed by atoms with van der Waals surface area (Å²) in [5, 5.41) is 13.3. The third kappa shape index (κ3) is 3.00. The summed E-state index contributed by atoms with van der Waals surface area (Å²) in [4.78, 5) is 45.8. The van der Waals surface area contributed by atoms with Gasteiger partial charge >= 0.3 is 5.97 Å². The number of fused-ring (bicyclic) bond motifs is 2. The fourth-order valence-electron chi connectivity index (χ4n) is 4.37. The van der Waals surface area contributed by atoms with Crippen LogP contribution < -0.4 is 5.32 Å². The van der Waals surface area contributed by atoms with Crippen molar-refractivity contribution in [1.82, 2.24) is 20.2 Å². The van der Waals surface area contributed by atoms with Gasteiger partial charge in [0.2, 0.25) is 0 Å². The van der Waals surface area contributed by atoms with E-state index in [1.807, 2.05) is 43.3 Å². The molecule has 1 aliphatic rings. The third-order valence-corrected chi connectivity index (χ3v) is 5.62. The number of carbonyl (C=O) groups is 3. The molecule has 0 saturated carbocycles.